The van der Waals surface area contributed by atoms with Crippen molar-refractivity contribution in [3.8, 4) is 0 Å². The van der Waals surface area contributed by atoms with Crippen molar-refractivity contribution >= 4 is 0 Å². The molecule has 4 saturated heterocycles. The monoisotopic (exact) mass is 235 g/mol. The Morgan fingerprint density at radius 1 is 0.824 bits per heavy atom. The fourth-order valence-electron chi connectivity index (χ4n) is 4.83. The minimum Gasteiger partial charge on any atom is -0.312 e. The molecule has 0 saturated carbocycles. The molecule has 0 aromatic rings. The van der Waals surface area contributed by atoms with E-state index >= 15 is 0 Å². The minimum absolute atomic E-state index is 0.819. The lowest BCUT2D eigenvalue weighted by Crippen LogP contribution is -2.43. The highest BCUT2D eigenvalue weighted by Gasteiger charge is 2.44. The van der Waals surface area contributed by atoms with Gasteiger partial charge in [-0.05, 0) is 51.1 Å². The smallest absolute Gasteiger partial charge is 0.0264 e. The number of hydrogen-bond acceptors (Lipinski definition) is 3. The van der Waals surface area contributed by atoms with Crippen LogP contribution in [0.25, 0.3) is 0 Å². The molecular weight excluding hydrogens is 210 g/mol. The third-order valence-electron chi connectivity index (χ3n) is 5.67. The van der Waals surface area contributed by atoms with Gasteiger partial charge in [-0.25, -0.2) is 0 Å². The number of likely N-dealkylation sites (tertiary alicyclic amines) is 1. The largest absolute Gasteiger partial charge is 0.312 e. The van der Waals surface area contributed by atoms with E-state index in [2.05, 4.69) is 15.1 Å². The van der Waals surface area contributed by atoms with Crippen LogP contribution in [-0.2, 0) is 0 Å². The Bertz CT molecular complexity index is 279. The van der Waals surface area contributed by atoms with Gasteiger partial charge >= 0.3 is 0 Å². The molecule has 1 N–H and O–H groups in total. The standard InChI is InChI=1S/C14H25N3/c1-3-11-9-17(10-12(11)15-6-1)14-5-8-16-7-2-4-13(14)16/h11-15H,1-10H2. The molecule has 0 radical (unpaired) electrons. The first-order valence-electron chi connectivity index (χ1n) is 7.63. The number of nitrogens with one attached hydrogen (secondary N) is 1. The summed E-state index contributed by atoms with van der Waals surface area (Å²) in [6, 6.07) is 2.62. The SMILES string of the molecule is C1CNC2CN(C3CCN4CCCC34)CC2C1. The summed E-state index contributed by atoms with van der Waals surface area (Å²) < 4.78 is 0. The Morgan fingerprint density at radius 2 is 1.76 bits per heavy atom. The average Bonchev–Trinajstić information content (AvgIpc) is 3.02. The maximum Gasteiger partial charge on any atom is 0.0264 e. The predicted molar refractivity (Wildman–Crippen MR) is 69.1 cm³/mol. The lowest BCUT2D eigenvalue weighted by Gasteiger charge is -2.29. The highest BCUT2D eigenvalue weighted by Crippen LogP contribution is 2.35. The zero-order valence-corrected chi connectivity index (χ0v) is 10.8. The van der Waals surface area contributed by atoms with E-state index in [0.29, 0.717) is 0 Å². The number of rotatable bonds is 1. The van der Waals surface area contributed by atoms with Crippen LogP contribution in [-0.4, -0.2) is 60.6 Å². The average molecular weight is 235 g/mol. The van der Waals surface area contributed by atoms with Crippen molar-refractivity contribution in [3.05, 3.63) is 0 Å². The second-order valence-corrected chi connectivity index (χ2v) is 6.52. The van der Waals surface area contributed by atoms with Crippen molar-refractivity contribution < 1.29 is 0 Å². The molecule has 0 bridgehead atoms. The maximum atomic E-state index is 3.74. The van der Waals surface area contributed by atoms with E-state index in [1.54, 1.807) is 0 Å². The number of fused-ring (bicyclic) bond motifs is 2. The highest BCUT2D eigenvalue weighted by atomic mass is 15.3. The summed E-state index contributed by atoms with van der Waals surface area (Å²) in [5, 5.41) is 3.74. The van der Waals surface area contributed by atoms with Crippen LogP contribution in [0.5, 0.6) is 0 Å². The van der Waals surface area contributed by atoms with Gasteiger partial charge in [0, 0.05) is 37.8 Å². The van der Waals surface area contributed by atoms with E-state index in [1.165, 1.54) is 64.8 Å². The van der Waals surface area contributed by atoms with Crippen molar-refractivity contribution in [1.82, 2.24) is 15.1 Å². The van der Waals surface area contributed by atoms with Crippen molar-refractivity contribution in [1.29, 1.82) is 0 Å². The summed E-state index contributed by atoms with van der Waals surface area (Å²) in [7, 11) is 0. The highest BCUT2D eigenvalue weighted by molar-refractivity contribution is 5.02. The molecule has 0 amide bonds. The lowest BCUT2D eigenvalue weighted by atomic mass is 9.94. The number of nitrogens with zero attached hydrogens (tertiary/aromatic N) is 2. The molecule has 4 fully saturated rings. The summed E-state index contributed by atoms with van der Waals surface area (Å²) in [5.74, 6) is 0.958. The molecule has 3 heteroatoms. The Hall–Kier alpha value is -0.120. The molecular formula is C14H25N3. The third-order valence-corrected chi connectivity index (χ3v) is 5.67. The van der Waals surface area contributed by atoms with Crippen LogP contribution in [0.4, 0.5) is 0 Å². The fourth-order valence-corrected chi connectivity index (χ4v) is 4.83. The topological polar surface area (TPSA) is 18.5 Å². The summed E-state index contributed by atoms with van der Waals surface area (Å²) in [6.45, 7) is 6.72. The van der Waals surface area contributed by atoms with E-state index in [0.717, 1.165) is 24.0 Å². The zero-order chi connectivity index (χ0) is 11.2. The van der Waals surface area contributed by atoms with Gasteiger partial charge < -0.3 is 5.32 Å². The lowest BCUT2D eigenvalue weighted by molar-refractivity contribution is 0.185. The molecule has 0 aromatic carbocycles. The van der Waals surface area contributed by atoms with Crippen LogP contribution in [0.15, 0.2) is 0 Å². The van der Waals surface area contributed by atoms with Crippen molar-refractivity contribution in [3.63, 3.8) is 0 Å². The van der Waals surface area contributed by atoms with Crippen molar-refractivity contribution in [2.24, 2.45) is 5.92 Å². The molecule has 17 heavy (non-hydrogen) atoms. The summed E-state index contributed by atoms with van der Waals surface area (Å²) in [6.07, 6.45) is 7.21. The van der Waals surface area contributed by atoms with Crippen molar-refractivity contribution in [2.45, 2.75) is 50.2 Å². The Morgan fingerprint density at radius 3 is 2.71 bits per heavy atom. The van der Waals surface area contributed by atoms with E-state index in [4.69, 9.17) is 0 Å². The maximum absolute atomic E-state index is 3.74. The van der Waals surface area contributed by atoms with Gasteiger partial charge in [-0.15, -0.1) is 0 Å². The minimum atomic E-state index is 0.819. The van der Waals surface area contributed by atoms with Gasteiger partial charge in [0.05, 0.1) is 0 Å². The van der Waals surface area contributed by atoms with Gasteiger partial charge in [0.2, 0.25) is 0 Å². The van der Waals surface area contributed by atoms with Crippen LogP contribution < -0.4 is 5.32 Å². The Kier molecular flexibility index (Phi) is 2.67. The molecule has 4 unspecified atom stereocenters. The van der Waals surface area contributed by atoms with Crippen LogP contribution in [0, 0.1) is 5.92 Å². The van der Waals surface area contributed by atoms with Gasteiger partial charge in [0.25, 0.3) is 0 Å². The zero-order valence-electron chi connectivity index (χ0n) is 10.8. The van der Waals surface area contributed by atoms with Crippen LogP contribution in [0.2, 0.25) is 0 Å². The predicted octanol–water partition coefficient (Wildman–Crippen LogP) is 0.907. The fraction of sp³-hybridized carbons (Fsp3) is 1.00. The number of piperidine rings is 1. The molecule has 4 atom stereocenters. The molecule has 0 spiro atoms. The second kappa shape index (κ2) is 4.22. The van der Waals surface area contributed by atoms with Crippen LogP contribution >= 0.6 is 0 Å². The van der Waals surface area contributed by atoms with Crippen molar-refractivity contribution in [2.75, 3.05) is 32.7 Å². The summed E-state index contributed by atoms with van der Waals surface area (Å²) >= 11 is 0. The van der Waals surface area contributed by atoms with E-state index in [9.17, 15) is 0 Å². The van der Waals surface area contributed by atoms with Crippen LogP contribution in [0.3, 0.4) is 0 Å². The number of hydrogen-bond donors (Lipinski definition) is 1. The molecule has 4 aliphatic heterocycles. The Labute approximate surface area is 105 Å². The quantitative estimate of drug-likeness (QED) is 0.729. The van der Waals surface area contributed by atoms with E-state index < -0.39 is 0 Å². The molecule has 0 aromatic heterocycles. The van der Waals surface area contributed by atoms with Gasteiger partial charge in [-0.1, -0.05) is 0 Å². The van der Waals surface area contributed by atoms with E-state index in [-0.39, 0.29) is 0 Å². The van der Waals surface area contributed by atoms with Crippen LogP contribution in [0.1, 0.15) is 32.1 Å². The summed E-state index contributed by atoms with van der Waals surface area (Å²) in [4.78, 5) is 5.59. The first-order valence-corrected chi connectivity index (χ1v) is 7.63. The van der Waals surface area contributed by atoms with Gasteiger partial charge in [-0.2, -0.15) is 0 Å². The molecule has 4 rings (SSSR count). The molecule has 4 heterocycles. The first-order chi connectivity index (χ1) is 8.42. The Balaban J connectivity index is 1.46. The molecule has 0 aliphatic carbocycles. The second-order valence-electron chi connectivity index (χ2n) is 6.52. The third kappa shape index (κ3) is 1.74. The van der Waals surface area contributed by atoms with Gasteiger partial charge in [0.15, 0.2) is 0 Å². The first kappa shape index (κ1) is 10.8. The van der Waals surface area contributed by atoms with E-state index in [1.807, 2.05) is 0 Å². The van der Waals surface area contributed by atoms with Gasteiger partial charge in [-0.3, -0.25) is 9.80 Å². The normalized spacial score (nSPS) is 47.3. The molecule has 96 valence electrons. The molecule has 4 aliphatic rings. The summed E-state index contributed by atoms with van der Waals surface area (Å²) in [5.41, 5.74) is 0. The van der Waals surface area contributed by atoms with Gasteiger partial charge in [0.1, 0.15) is 0 Å². The molecule has 3 nitrogen and oxygen atoms in total.